The van der Waals surface area contributed by atoms with E-state index in [0.29, 0.717) is 6.61 Å². The summed E-state index contributed by atoms with van der Waals surface area (Å²) in [4.78, 5) is 0. The molecule has 0 saturated carbocycles. The predicted molar refractivity (Wildman–Crippen MR) is 82.7 cm³/mol. The van der Waals surface area contributed by atoms with Crippen molar-refractivity contribution in [3.63, 3.8) is 0 Å². The molecule has 0 amide bonds. The van der Waals surface area contributed by atoms with E-state index < -0.39 is 0 Å². The van der Waals surface area contributed by atoms with Gasteiger partial charge in [0.15, 0.2) is 5.79 Å². The van der Waals surface area contributed by atoms with E-state index >= 15 is 0 Å². The number of aryl methyl sites for hydroxylation is 2. The maximum Gasteiger partial charge on any atom is 0.173 e. The molecule has 2 aliphatic heterocycles. The SMILES string of the molecule is CCn1nc(C)c(CNC[C@H]2COC3(CCOCC3)O2)c1C. The minimum atomic E-state index is -0.385. The number of nitrogens with one attached hydrogen (secondary N) is 1. The summed E-state index contributed by atoms with van der Waals surface area (Å²) in [5.41, 5.74) is 3.65. The van der Waals surface area contributed by atoms with Crippen LogP contribution in [0.1, 0.15) is 36.7 Å². The summed E-state index contributed by atoms with van der Waals surface area (Å²) in [6.07, 6.45) is 1.80. The van der Waals surface area contributed by atoms with Gasteiger partial charge in [-0.2, -0.15) is 5.10 Å². The van der Waals surface area contributed by atoms with Crippen LogP contribution in [-0.2, 0) is 27.3 Å². The summed E-state index contributed by atoms with van der Waals surface area (Å²) >= 11 is 0. The van der Waals surface area contributed by atoms with E-state index in [1.54, 1.807) is 0 Å². The largest absolute Gasteiger partial charge is 0.381 e. The lowest BCUT2D eigenvalue weighted by Crippen LogP contribution is -2.39. The molecule has 1 N–H and O–H groups in total. The average molecular weight is 309 g/mol. The zero-order chi connectivity index (χ0) is 15.6. The van der Waals surface area contributed by atoms with Gasteiger partial charge in [-0.1, -0.05) is 0 Å². The Morgan fingerprint density at radius 3 is 2.77 bits per heavy atom. The molecule has 0 unspecified atom stereocenters. The molecule has 6 heteroatoms. The van der Waals surface area contributed by atoms with E-state index in [2.05, 4.69) is 35.9 Å². The molecule has 6 nitrogen and oxygen atoms in total. The van der Waals surface area contributed by atoms with Gasteiger partial charge in [-0.3, -0.25) is 4.68 Å². The van der Waals surface area contributed by atoms with Crippen LogP contribution in [0.15, 0.2) is 0 Å². The Labute approximate surface area is 132 Å². The predicted octanol–water partition coefficient (Wildman–Crippen LogP) is 1.53. The van der Waals surface area contributed by atoms with Gasteiger partial charge in [-0.25, -0.2) is 0 Å². The first-order valence-electron chi connectivity index (χ1n) is 8.26. The first-order chi connectivity index (χ1) is 10.6. The molecule has 0 bridgehead atoms. The standard InChI is InChI=1S/C16H27N3O3/c1-4-19-13(3)15(12(2)18-19)10-17-9-14-11-21-16(22-14)5-7-20-8-6-16/h14,17H,4-11H2,1-3H3/t14-/m0/s1. The summed E-state index contributed by atoms with van der Waals surface area (Å²) in [6.45, 7) is 11.0. The average Bonchev–Trinajstić information content (AvgIpc) is 3.03. The number of rotatable bonds is 5. The minimum absolute atomic E-state index is 0.125. The molecule has 1 spiro atoms. The van der Waals surface area contributed by atoms with Crippen molar-refractivity contribution in [1.82, 2.24) is 15.1 Å². The molecule has 3 rings (SSSR count). The van der Waals surface area contributed by atoms with Crippen LogP contribution in [-0.4, -0.2) is 48.0 Å². The number of hydrogen-bond donors (Lipinski definition) is 1. The third kappa shape index (κ3) is 3.20. The summed E-state index contributed by atoms with van der Waals surface area (Å²) in [7, 11) is 0. The van der Waals surface area contributed by atoms with Crippen molar-refractivity contribution >= 4 is 0 Å². The second-order valence-electron chi connectivity index (χ2n) is 6.17. The van der Waals surface area contributed by atoms with Gasteiger partial charge in [0, 0.05) is 43.7 Å². The van der Waals surface area contributed by atoms with E-state index in [1.165, 1.54) is 11.3 Å². The highest BCUT2D eigenvalue weighted by molar-refractivity contribution is 5.24. The van der Waals surface area contributed by atoms with Crippen LogP contribution in [0.2, 0.25) is 0 Å². The monoisotopic (exact) mass is 309 g/mol. The van der Waals surface area contributed by atoms with Gasteiger partial charge in [0.25, 0.3) is 0 Å². The topological polar surface area (TPSA) is 57.5 Å². The fraction of sp³-hybridized carbons (Fsp3) is 0.812. The summed E-state index contributed by atoms with van der Waals surface area (Å²) in [5.74, 6) is -0.385. The maximum atomic E-state index is 6.13. The normalized spacial score (nSPS) is 24.2. The fourth-order valence-electron chi connectivity index (χ4n) is 3.32. The Kier molecular flexibility index (Phi) is 4.82. The number of ether oxygens (including phenoxy) is 3. The third-order valence-corrected chi connectivity index (χ3v) is 4.67. The van der Waals surface area contributed by atoms with Gasteiger partial charge in [0.1, 0.15) is 0 Å². The highest BCUT2D eigenvalue weighted by atomic mass is 16.7. The van der Waals surface area contributed by atoms with E-state index in [9.17, 15) is 0 Å². The Morgan fingerprint density at radius 1 is 1.32 bits per heavy atom. The Hall–Kier alpha value is -0.950. The Morgan fingerprint density at radius 2 is 2.09 bits per heavy atom. The van der Waals surface area contributed by atoms with E-state index in [4.69, 9.17) is 14.2 Å². The van der Waals surface area contributed by atoms with Crippen LogP contribution in [0.4, 0.5) is 0 Å². The lowest BCUT2D eigenvalue weighted by atomic mass is 10.1. The highest BCUT2D eigenvalue weighted by Gasteiger charge is 2.42. The number of aromatic nitrogens is 2. The molecular weight excluding hydrogens is 282 g/mol. The second-order valence-corrected chi connectivity index (χ2v) is 6.17. The molecule has 1 aromatic rings. The Bertz CT molecular complexity index is 509. The van der Waals surface area contributed by atoms with Crippen LogP contribution >= 0.6 is 0 Å². The molecule has 2 fully saturated rings. The van der Waals surface area contributed by atoms with Gasteiger partial charge < -0.3 is 19.5 Å². The first kappa shape index (κ1) is 15.9. The molecule has 1 atom stereocenters. The van der Waals surface area contributed by atoms with Crippen molar-refractivity contribution in [2.24, 2.45) is 0 Å². The number of hydrogen-bond acceptors (Lipinski definition) is 5. The van der Waals surface area contributed by atoms with E-state index in [-0.39, 0.29) is 11.9 Å². The molecule has 0 aliphatic carbocycles. The zero-order valence-corrected chi connectivity index (χ0v) is 13.9. The van der Waals surface area contributed by atoms with Gasteiger partial charge in [0.2, 0.25) is 0 Å². The van der Waals surface area contributed by atoms with Gasteiger partial charge in [0.05, 0.1) is 31.6 Å². The fourth-order valence-corrected chi connectivity index (χ4v) is 3.32. The van der Waals surface area contributed by atoms with E-state index in [1.807, 2.05) is 0 Å². The first-order valence-corrected chi connectivity index (χ1v) is 8.26. The van der Waals surface area contributed by atoms with Gasteiger partial charge in [-0.05, 0) is 20.8 Å². The van der Waals surface area contributed by atoms with Crippen LogP contribution in [0.25, 0.3) is 0 Å². The van der Waals surface area contributed by atoms with E-state index in [0.717, 1.165) is 51.4 Å². The van der Waals surface area contributed by atoms with Crippen LogP contribution in [0.3, 0.4) is 0 Å². The summed E-state index contributed by atoms with van der Waals surface area (Å²) in [5, 5.41) is 8.05. The Balaban J connectivity index is 1.49. The smallest absolute Gasteiger partial charge is 0.173 e. The summed E-state index contributed by atoms with van der Waals surface area (Å²) < 4.78 is 19.5. The second kappa shape index (κ2) is 6.66. The molecule has 22 heavy (non-hydrogen) atoms. The molecule has 2 saturated heterocycles. The lowest BCUT2D eigenvalue weighted by molar-refractivity contribution is -0.210. The van der Waals surface area contributed by atoms with Crippen molar-refractivity contribution in [3.05, 3.63) is 17.0 Å². The molecule has 3 heterocycles. The third-order valence-electron chi connectivity index (χ3n) is 4.67. The van der Waals surface area contributed by atoms with Crippen molar-refractivity contribution in [1.29, 1.82) is 0 Å². The number of nitrogens with zero attached hydrogens (tertiary/aromatic N) is 2. The maximum absolute atomic E-state index is 6.13. The minimum Gasteiger partial charge on any atom is -0.381 e. The highest BCUT2D eigenvalue weighted by Crippen LogP contribution is 2.33. The van der Waals surface area contributed by atoms with Crippen molar-refractivity contribution in [2.45, 2.75) is 58.6 Å². The quantitative estimate of drug-likeness (QED) is 0.894. The van der Waals surface area contributed by atoms with Crippen LogP contribution in [0, 0.1) is 13.8 Å². The molecule has 1 aromatic heterocycles. The zero-order valence-electron chi connectivity index (χ0n) is 13.9. The van der Waals surface area contributed by atoms with Crippen LogP contribution < -0.4 is 5.32 Å². The molecule has 124 valence electrons. The molecule has 2 aliphatic rings. The van der Waals surface area contributed by atoms with Crippen LogP contribution in [0.5, 0.6) is 0 Å². The molecular formula is C16H27N3O3. The molecule has 0 aromatic carbocycles. The van der Waals surface area contributed by atoms with Gasteiger partial charge >= 0.3 is 0 Å². The van der Waals surface area contributed by atoms with Crippen molar-refractivity contribution in [2.75, 3.05) is 26.4 Å². The van der Waals surface area contributed by atoms with Crippen molar-refractivity contribution < 1.29 is 14.2 Å². The van der Waals surface area contributed by atoms with Gasteiger partial charge in [-0.15, -0.1) is 0 Å². The van der Waals surface area contributed by atoms with Crippen molar-refractivity contribution in [3.8, 4) is 0 Å². The summed E-state index contributed by atoms with van der Waals surface area (Å²) in [6, 6.07) is 0. The lowest BCUT2D eigenvalue weighted by Gasteiger charge is -2.31. The molecule has 0 radical (unpaired) electrons.